The van der Waals surface area contributed by atoms with Crippen LogP contribution < -0.4 is 15.4 Å². The summed E-state index contributed by atoms with van der Waals surface area (Å²) in [6.45, 7) is 5.61. The Morgan fingerprint density at radius 2 is 1.76 bits per heavy atom. The summed E-state index contributed by atoms with van der Waals surface area (Å²) in [5, 5.41) is 17.7. The summed E-state index contributed by atoms with van der Waals surface area (Å²) < 4.78 is 6.51. The number of aliphatic hydroxyl groups excluding tert-OH is 1. The van der Waals surface area contributed by atoms with Gasteiger partial charge in [0.2, 0.25) is 0 Å². The Bertz CT molecular complexity index is 1540. The van der Waals surface area contributed by atoms with Gasteiger partial charge in [-0.1, -0.05) is 73.7 Å². The van der Waals surface area contributed by atoms with Crippen LogP contribution >= 0.6 is 0 Å². The van der Waals surface area contributed by atoms with Crippen LogP contribution in [0.5, 0.6) is 5.75 Å². The van der Waals surface area contributed by atoms with Gasteiger partial charge < -0.3 is 25.4 Å². The Labute approximate surface area is 246 Å². The maximum atomic E-state index is 13.8. The molecule has 0 aliphatic carbocycles. The smallest absolute Gasteiger partial charge is 0.323 e. The van der Waals surface area contributed by atoms with E-state index in [1.165, 1.54) is 5.56 Å². The van der Waals surface area contributed by atoms with Crippen molar-refractivity contribution in [2.75, 3.05) is 37.4 Å². The molecule has 0 radical (unpaired) electrons. The first kappa shape index (κ1) is 29.1. The van der Waals surface area contributed by atoms with Gasteiger partial charge in [0.05, 0.1) is 23.9 Å². The summed E-state index contributed by atoms with van der Waals surface area (Å²) >= 11 is 0. The van der Waals surface area contributed by atoms with E-state index in [4.69, 9.17) is 4.74 Å². The van der Waals surface area contributed by atoms with E-state index in [0.29, 0.717) is 35.8 Å². The van der Waals surface area contributed by atoms with Crippen LogP contribution in [0.2, 0.25) is 0 Å². The summed E-state index contributed by atoms with van der Waals surface area (Å²) in [5.74, 6) is 0.228. The molecule has 4 aromatic rings. The van der Waals surface area contributed by atoms with E-state index in [-0.39, 0.29) is 30.6 Å². The highest BCUT2D eigenvalue weighted by Crippen LogP contribution is 2.31. The number of hydrogen-bond acceptors (Lipinski definition) is 5. The van der Waals surface area contributed by atoms with E-state index < -0.39 is 6.03 Å². The molecule has 0 saturated heterocycles. The second kappa shape index (κ2) is 13.1. The summed E-state index contributed by atoms with van der Waals surface area (Å²) in [7, 11) is 2.06. The molecule has 0 unspecified atom stereocenters. The molecule has 3 atom stereocenters. The molecule has 1 aliphatic heterocycles. The minimum absolute atomic E-state index is 0.0126. The van der Waals surface area contributed by atoms with Gasteiger partial charge in [0.1, 0.15) is 11.9 Å². The number of ether oxygens (including phenoxy) is 1. The first-order valence-corrected chi connectivity index (χ1v) is 14.3. The zero-order chi connectivity index (χ0) is 29.6. The molecule has 0 bridgehead atoms. The zero-order valence-corrected chi connectivity index (χ0v) is 24.3. The topological polar surface area (TPSA) is 94.1 Å². The Kier molecular flexibility index (Phi) is 9.05. The van der Waals surface area contributed by atoms with Gasteiger partial charge in [-0.05, 0) is 49.2 Å². The van der Waals surface area contributed by atoms with Crippen molar-refractivity contribution >= 4 is 34.1 Å². The van der Waals surface area contributed by atoms with Gasteiger partial charge in [-0.15, -0.1) is 0 Å². The lowest BCUT2D eigenvalue weighted by Crippen LogP contribution is -2.49. The average molecular weight is 567 g/mol. The number of aliphatic hydroxyl groups is 1. The fraction of sp³-hybridized carbons (Fsp3) is 0.294. The lowest BCUT2D eigenvalue weighted by molar-refractivity contribution is 0.0341. The molecule has 0 spiro atoms. The molecular weight excluding hydrogens is 528 g/mol. The van der Waals surface area contributed by atoms with Crippen LogP contribution in [0.25, 0.3) is 10.8 Å². The van der Waals surface area contributed by atoms with Gasteiger partial charge in [-0.2, -0.15) is 0 Å². The highest BCUT2D eigenvalue weighted by Gasteiger charge is 2.33. The largest absolute Gasteiger partial charge is 0.488 e. The van der Waals surface area contributed by atoms with E-state index in [1.54, 1.807) is 23.1 Å². The number of fused-ring (bicyclic) bond motifs is 2. The van der Waals surface area contributed by atoms with Gasteiger partial charge in [-0.25, -0.2) is 4.79 Å². The third-order valence-electron chi connectivity index (χ3n) is 7.75. The molecule has 3 amide bonds. The molecule has 218 valence electrons. The fourth-order valence-electron chi connectivity index (χ4n) is 5.40. The highest BCUT2D eigenvalue weighted by molar-refractivity contribution is 6.07. The number of nitrogens with zero attached hydrogens (tertiary/aromatic N) is 2. The predicted octanol–water partition coefficient (Wildman–Crippen LogP) is 5.84. The van der Waals surface area contributed by atoms with Crippen LogP contribution in [0.4, 0.5) is 16.2 Å². The van der Waals surface area contributed by atoms with Crippen molar-refractivity contribution in [3.63, 3.8) is 0 Å². The van der Waals surface area contributed by atoms with Crippen molar-refractivity contribution in [1.29, 1.82) is 0 Å². The van der Waals surface area contributed by atoms with E-state index >= 15 is 0 Å². The number of carbonyl (C=O) groups excluding carboxylic acids is 2. The third kappa shape index (κ3) is 6.73. The van der Waals surface area contributed by atoms with Crippen LogP contribution in [-0.2, 0) is 6.54 Å². The predicted molar refractivity (Wildman–Crippen MR) is 167 cm³/mol. The van der Waals surface area contributed by atoms with E-state index in [1.807, 2.05) is 67.6 Å². The molecule has 0 aromatic heterocycles. The van der Waals surface area contributed by atoms with Crippen LogP contribution in [0.1, 0.15) is 29.8 Å². The number of anilines is 2. The molecule has 1 heterocycles. The first-order valence-electron chi connectivity index (χ1n) is 14.3. The number of urea groups is 1. The molecule has 8 nitrogen and oxygen atoms in total. The summed E-state index contributed by atoms with van der Waals surface area (Å²) in [6.07, 6.45) is -0.201. The number of hydrogen-bond donors (Lipinski definition) is 3. The Hall–Kier alpha value is -4.40. The standard InChI is InChI=1S/C34H38N4O4/c1-23-19-38(24(2)22-39)33(40)29-18-27(35-34(41)36-30-15-9-13-26-12-7-8-14-28(26)30)16-17-31(29)42-32(23)21-37(3)20-25-10-5-4-6-11-25/h4-18,23-24,32,39H,19-22H2,1-3H3,(H2,35,36,41)/t23-,24-,32+/m1/s1. The Balaban J connectivity index is 1.37. The fourth-order valence-corrected chi connectivity index (χ4v) is 5.40. The number of nitrogens with one attached hydrogen (secondary N) is 2. The van der Waals surface area contributed by atoms with Gasteiger partial charge in [-0.3, -0.25) is 9.69 Å². The van der Waals surface area contributed by atoms with Crippen LogP contribution in [0.3, 0.4) is 0 Å². The van der Waals surface area contributed by atoms with Gasteiger partial charge in [0, 0.05) is 36.6 Å². The van der Waals surface area contributed by atoms with Crippen molar-refractivity contribution in [3.8, 4) is 5.75 Å². The lowest BCUT2D eigenvalue weighted by atomic mass is 9.99. The molecule has 0 fully saturated rings. The average Bonchev–Trinajstić information content (AvgIpc) is 2.99. The summed E-state index contributed by atoms with van der Waals surface area (Å²) in [5.41, 5.74) is 2.71. The molecule has 5 rings (SSSR count). The third-order valence-corrected chi connectivity index (χ3v) is 7.75. The quantitative estimate of drug-likeness (QED) is 0.249. The minimum Gasteiger partial charge on any atom is -0.488 e. The number of rotatable bonds is 8. The van der Waals surface area contributed by atoms with E-state index in [0.717, 1.165) is 17.3 Å². The van der Waals surface area contributed by atoms with Crippen LogP contribution in [0.15, 0.2) is 91.0 Å². The molecule has 1 aliphatic rings. The van der Waals surface area contributed by atoms with E-state index in [9.17, 15) is 14.7 Å². The zero-order valence-electron chi connectivity index (χ0n) is 24.3. The molecule has 3 N–H and O–H groups in total. The number of carbonyl (C=O) groups is 2. The van der Waals surface area contributed by atoms with Crippen molar-refractivity contribution in [1.82, 2.24) is 9.80 Å². The van der Waals surface area contributed by atoms with E-state index in [2.05, 4.69) is 41.6 Å². The van der Waals surface area contributed by atoms with Crippen molar-refractivity contribution in [3.05, 3.63) is 102 Å². The second-order valence-electron chi connectivity index (χ2n) is 11.1. The number of benzene rings is 4. The van der Waals surface area contributed by atoms with Gasteiger partial charge >= 0.3 is 6.03 Å². The normalized spacial score (nSPS) is 17.6. The van der Waals surface area contributed by atoms with Gasteiger partial charge in [0.15, 0.2) is 0 Å². The monoisotopic (exact) mass is 566 g/mol. The molecule has 8 heteroatoms. The minimum atomic E-state index is -0.417. The molecule has 0 saturated carbocycles. The number of likely N-dealkylation sites (N-methyl/N-ethyl adjacent to an activating group) is 1. The first-order chi connectivity index (χ1) is 20.3. The molecular formula is C34H38N4O4. The van der Waals surface area contributed by atoms with Gasteiger partial charge in [0.25, 0.3) is 5.91 Å². The van der Waals surface area contributed by atoms with Crippen molar-refractivity contribution < 1.29 is 19.4 Å². The SMILES string of the molecule is C[C@@H]1CN([C@H](C)CO)C(=O)c2cc(NC(=O)Nc3cccc4ccccc34)ccc2O[C@H]1CN(C)Cc1ccccc1. The molecule has 42 heavy (non-hydrogen) atoms. The van der Waals surface area contributed by atoms with Crippen molar-refractivity contribution in [2.24, 2.45) is 5.92 Å². The van der Waals surface area contributed by atoms with Crippen LogP contribution in [0, 0.1) is 5.92 Å². The van der Waals surface area contributed by atoms with Crippen LogP contribution in [-0.4, -0.2) is 65.7 Å². The second-order valence-corrected chi connectivity index (χ2v) is 11.1. The Morgan fingerprint density at radius 1 is 1.02 bits per heavy atom. The maximum absolute atomic E-state index is 13.8. The summed E-state index contributed by atoms with van der Waals surface area (Å²) in [6, 6.07) is 28.2. The Morgan fingerprint density at radius 3 is 2.55 bits per heavy atom. The highest BCUT2D eigenvalue weighted by atomic mass is 16.5. The maximum Gasteiger partial charge on any atom is 0.323 e. The molecule has 4 aromatic carbocycles. The van der Waals surface area contributed by atoms with Crippen molar-refractivity contribution in [2.45, 2.75) is 32.5 Å². The lowest BCUT2D eigenvalue weighted by Gasteiger charge is -2.38. The summed E-state index contributed by atoms with van der Waals surface area (Å²) in [4.78, 5) is 30.7. The number of amides is 3.